The third-order valence-corrected chi connectivity index (χ3v) is 2.59. The van der Waals surface area contributed by atoms with Crippen LogP contribution in [0.4, 0.5) is 17.3 Å². The molecule has 1 heterocycles. The average molecular weight is 255 g/mol. The van der Waals surface area contributed by atoms with Crippen molar-refractivity contribution < 1.29 is 4.92 Å². The lowest BCUT2D eigenvalue weighted by Gasteiger charge is -2.20. The van der Waals surface area contributed by atoms with Gasteiger partial charge in [-0.25, -0.2) is 15.8 Å². The molecule has 0 aliphatic carbocycles. The zero-order chi connectivity index (χ0) is 13.7. The van der Waals surface area contributed by atoms with Crippen LogP contribution in [0.25, 0.3) is 0 Å². The molecule has 1 aromatic rings. The Labute approximate surface area is 105 Å². The first-order valence-corrected chi connectivity index (χ1v) is 5.33. The fraction of sp³-hybridized carbons (Fsp3) is 0.556. The van der Waals surface area contributed by atoms with Gasteiger partial charge in [-0.15, -0.1) is 0 Å². The van der Waals surface area contributed by atoms with Gasteiger partial charge in [0.25, 0.3) is 0 Å². The molecule has 0 fully saturated rings. The van der Waals surface area contributed by atoms with E-state index >= 15 is 0 Å². The predicted molar refractivity (Wildman–Crippen MR) is 68.1 cm³/mol. The lowest BCUT2D eigenvalue weighted by molar-refractivity contribution is -0.383. The van der Waals surface area contributed by atoms with Gasteiger partial charge in [0.1, 0.15) is 6.33 Å². The van der Waals surface area contributed by atoms with Gasteiger partial charge in [-0.1, -0.05) is 0 Å². The number of nitrogen functional groups attached to an aromatic ring is 1. The van der Waals surface area contributed by atoms with E-state index in [2.05, 4.69) is 20.7 Å². The normalized spacial score (nSPS) is 12.3. The van der Waals surface area contributed by atoms with Crippen molar-refractivity contribution in [1.29, 1.82) is 0 Å². The fourth-order valence-corrected chi connectivity index (χ4v) is 1.21. The van der Waals surface area contributed by atoms with Gasteiger partial charge in [-0.05, 0) is 21.0 Å². The molecule has 18 heavy (non-hydrogen) atoms. The largest absolute Gasteiger partial charge is 0.363 e. The Morgan fingerprint density at radius 1 is 1.50 bits per heavy atom. The van der Waals surface area contributed by atoms with Gasteiger partial charge in [-0.2, -0.15) is 0 Å². The molecule has 9 nitrogen and oxygen atoms in total. The lowest BCUT2D eigenvalue weighted by Crippen LogP contribution is -2.32. The van der Waals surface area contributed by atoms with Gasteiger partial charge in [0, 0.05) is 12.6 Å². The molecule has 0 saturated carbocycles. The van der Waals surface area contributed by atoms with E-state index in [-0.39, 0.29) is 23.4 Å². The minimum atomic E-state index is -0.572. The van der Waals surface area contributed by atoms with Crippen molar-refractivity contribution in [2.45, 2.75) is 13.0 Å². The highest BCUT2D eigenvalue weighted by Gasteiger charge is 2.22. The van der Waals surface area contributed by atoms with Crippen molar-refractivity contribution in [3.05, 3.63) is 16.4 Å². The zero-order valence-corrected chi connectivity index (χ0v) is 10.5. The van der Waals surface area contributed by atoms with Crippen LogP contribution in [0.2, 0.25) is 0 Å². The standard InChI is InChI=1S/C9H17N7O2/c1-6(15(2)3)4-11-8-7(16(17)18)9(14-10)13-5-12-8/h5-6H,4,10H2,1-3H3,(H2,11,12,13,14). The van der Waals surface area contributed by atoms with E-state index in [1.807, 2.05) is 25.9 Å². The molecule has 100 valence electrons. The summed E-state index contributed by atoms with van der Waals surface area (Å²) in [6.45, 7) is 2.51. The van der Waals surface area contributed by atoms with Crippen LogP contribution in [-0.2, 0) is 0 Å². The summed E-state index contributed by atoms with van der Waals surface area (Å²) in [5.41, 5.74) is 1.93. The summed E-state index contributed by atoms with van der Waals surface area (Å²) in [5.74, 6) is 5.31. The van der Waals surface area contributed by atoms with E-state index in [0.29, 0.717) is 6.54 Å². The van der Waals surface area contributed by atoms with Crippen LogP contribution in [0.5, 0.6) is 0 Å². The number of likely N-dealkylation sites (N-methyl/N-ethyl adjacent to an activating group) is 1. The quantitative estimate of drug-likeness (QED) is 0.370. The van der Waals surface area contributed by atoms with Crippen LogP contribution in [0, 0.1) is 10.1 Å². The molecule has 9 heteroatoms. The van der Waals surface area contributed by atoms with Gasteiger partial charge in [0.05, 0.1) is 4.92 Å². The van der Waals surface area contributed by atoms with Crippen molar-refractivity contribution in [3.8, 4) is 0 Å². The first-order valence-electron chi connectivity index (χ1n) is 5.33. The predicted octanol–water partition coefficient (Wildman–Crippen LogP) is 0.0324. The number of nitrogens with one attached hydrogen (secondary N) is 2. The summed E-state index contributed by atoms with van der Waals surface area (Å²) in [6, 6.07) is 0.203. The number of rotatable bonds is 6. The molecule has 0 amide bonds. The minimum Gasteiger partial charge on any atom is -0.363 e. The maximum Gasteiger partial charge on any atom is 0.354 e. The molecule has 1 aromatic heterocycles. The number of nitrogens with two attached hydrogens (primary N) is 1. The molecule has 0 aliphatic rings. The Morgan fingerprint density at radius 2 is 2.11 bits per heavy atom. The van der Waals surface area contributed by atoms with Crippen LogP contribution in [0.3, 0.4) is 0 Å². The summed E-state index contributed by atoms with van der Waals surface area (Å²) in [4.78, 5) is 19.9. The van der Waals surface area contributed by atoms with E-state index in [4.69, 9.17) is 5.84 Å². The van der Waals surface area contributed by atoms with E-state index in [1.165, 1.54) is 6.33 Å². The Bertz CT molecular complexity index is 423. The van der Waals surface area contributed by atoms with Crippen molar-refractivity contribution in [1.82, 2.24) is 14.9 Å². The number of hydrogen-bond donors (Lipinski definition) is 3. The molecular weight excluding hydrogens is 238 g/mol. The van der Waals surface area contributed by atoms with Gasteiger partial charge in [-0.3, -0.25) is 10.1 Å². The highest BCUT2D eigenvalue weighted by molar-refractivity contribution is 5.68. The average Bonchev–Trinajstić information content (AvgIpc) is 2.34. The Balaban J connectivity index is 2.91. The highest BCUT2D eigenvalue weighted by Crippen LogP contribution is 2.27. The van der Waals surface area contributed by atoms with Crippen LogP contribution >= 0.6 is 0 Å². The van der Waals surface area contributed by atoms with Crippen molar-refractivity contribution in [2.75, 3.05) is 31.4 Å². The Morgan fingerprint density at radius 3 is 2.61 bits per heavy atom. The lowest BCUT2D eigenvalue weighted by atomic mass is 10.3. The maximum absolute atomic E-state index is 11.0. The molecule has 1 unspecified atom stereocenters. The van der Waals surface area contributed by atoms with E-state index in [9.17, 15) is 10.1 Å². The van der Waals surface area contributed by atoms with E-state index in [1.54, 1.807) is 0 Å². The smallest absolute Gasteiger partial charge is 0.354 e. The second kappa shape index (κ2) is 6.07. The molecule has 0 radical (unpaired) electrons. The van der Waals surface area contributed by atoms with Gasteiger partial charge in [0.2, 0.25) is 11.6 Å². The van der Waals surface area contributed by atoms with Crippen LogP contribution in [0.1, 0.15) is 6.92 Å². The Kier molecular flexibility index (Phi) is 4.75. The van der Waals surface area contributed by atoms with E-state index < -0.39 is 4.92 Å². The summed E-state index contributed by atoms with van der Waals surface area (Å²) in [5, 5.41) is 13.9. The minimum absolute atomic E-state index is 0.0185. The second-order valence-corrected chi connectivity index (χ2v) is 4.01. The zero-order valence-electron chi connectivity index (χ0n) is 10.5. The van der Waals surface area contributed by atoms with Gasteiger partial charge < -0.3 is 15.6 Å². The summed E-state index contributed by atoms with van der Waals surface area (Å²) >= 11 is 0. The SMILES string of the molecule is CC(CNc1ncnc(NN)c1[N+](=O)[O-])N(C)C. The molecule has 4 N–H and O–H groups in total. The number of hydrazine groups is 1. The van der Waals surface area contributed by atoms with Crippen molar-refractivity contribution >= 4 is 17.3 Å². The van der Waals surface area contributed by atoms with Gasteiger partial charge in [0.15, 0.2) is 0 Å². The summed E-state index contributed by atoms with van der Waals surface area (Å²) in [6.07, 6.45) is 1.21. The Hall–Kier alpha value is -2.00. The fourth-order valence-electron chi connectivity index (χ4n) is 1.21. The number of nitro groups is 1. The first-order chi connectivity index (χ1) is 8.47. The summed E-state index contributed by atoms with van der Waals surface area (Å²) in [7, 11) is 3.85. The van der Waals surface area contributed by atoms with Crippen LogP contribution < -0.4 is 16.6 Å². The molecule has 0 saturated heterocycles. The van der Waals surface area contributed by atoms with Crippen LogP contribution in [-0.4, -0.2) is 46.5 Å². The third-order valence-electron chi connectivity index (χ3n) is 2.59. The number of nitrogens with zero attached hydrogens (tertiary/aromatic N) is 4. The van der Waals surface area contributed by atoms with Crippen LogP contribution in [0.15, 0.2) is 6.33 Å². The molecule has 0 bridgehead atoms. The topological polar surface area (TPSA) is 122 Å². The molecule has 0 spiro atoms. The number of hydrogen-bond acceptors (Lipinski definition) is 8. The molecule has 0 aromatic carbocycles. The first kappa shape index (κ1) is 14.1. The van der Waals surface area contributed by atoms with Gasteiger partial charge >= 0.3 is 5.69 Å². The van der Waals surface area contributed by atoms with Crippen molar-refractivity contribution in [2.24, 2.45) is 5.84 Å². The number of anilines is 2. The molecule has 0 aliphatic heterocycles. The monoisotopic (exact) mass is 255 g/mol. The third kappa shape index (κ3) is 3.25. The van der Waals surface area contributed by atoms with Crippen molar-refractivity contribution in [3.63, 3.8) is 0 Å². The molecular formula is C9H17N7O2. The molecule has 1 atom stereocenters. The molecule has 1 rings (SSSR count). The number of aromatic nitrogens is 2. The summed E-state index contributed by atoms with van der Waals surface area (Å²) < 4.78 is 0. The maximum atomic E-state index is 11.0. The second-order valence-electron chi connectivity index (χ2n) is 4.01. The van der Waals surface area contributed by atoms with E-state index in [0.717, 1.165) is 0 Å². The highest BCUT2D eigenvalue weighted by atomic mass is 16.6.